The monoisotopic (exact) mass is 345 g/mol. The van der Waals surface area contributed by atoms with Crippen LogP contribution >= 0.6 is 0 Å². The van der Waals surface area contributed by atoms with Crippen LogP contribution < -0.4 is 0 Å². The van der Waals surface area contributed by atoms with Crippen LogP contribution in [-0.4, -0.2) is 45.8 Å². The molecule has 0 radical (unpaired) electrons. The van der Waals surface area contributed by atoms with Crippen molar-refractivity contribution in [2.75, 3.05) is 19.7 Å². The van der Waals surface area contributed by atoms with Gasteiger partial charge in [0.05, 0.1) is 16.6 Å². The van der Waals surface area contributed by atoms with Crippen molar-refractivity contribution in [1.29, 1.82) is 0 Å². The number of pyridine rings is 1. The van der Waals surface area contributed by atoms with Gasteiger partial charge in [0, 0.05) is 25.4 Å². The lowest BCUT2D eigenvalue weighted by atomic mass is 9.77. The lowest BCUT2D eigenvalue weighted by Gasteiger charge is -2.40. The number of hydrogen-bond acceptors (Lipinski definition) is 5. The Bertz CT molecular complexity index is 768. The van der Waals surface area contributed by atoms with Crippen LogP contribution in [0.25, 0.3) is 11.1 Å². The molecule has 1 N–H and O–H groups in total. The zero-order chi connectivity index (χ0) is 18.2. The molecule has 0 atom stereocenters. The van der Waals surface area contributed by atoms with E-state index in [2.05, 4.69) is 17.1 Å². The van der Waals surface area contributed by atoms with Crippen LogP contribution in [0, 0.1) is 12.3 Å². The van der Waals surface area contributed by atoms with Crippen LogP contribution in [0.1, 0.15) is 67.7 Å². The van der Waals surface area contributed by atoms with E-state index in [1.54, 1.807) is 0 Å². The van der Waals surface area contributed by atoms with Crippen molar-refractivity contribution in [3.63, 3.8) is 0 Å². The minimum atomic E-state index is -0.0411. The van der Waals surface area contributed by atoms with Gasteiger partial charge >= 0.3 is 0 Å². The van der Waals surface area contributed by atoms with E-state index in [9.17, 15) is 9.90 Å². The van der Waals surface area contributed by atoms with Crippen molar-refractivity contribution in [2.24, 2.45) is 5.41 Å². The zero-order valence-corrected chi connectivity index (χ0v) is 15.5. The number of amides is 1. The van der Waals surface area contributed by atoms with Crippen LogP contribution in [-0.2, 0) is 0 Å². The molecule has 2 aromatic heterocycles. The second-order valence-corrected chi connectivity index (χ2v) is 7.50. The molecule has 3 heterocycles. The van der Waals surface area contributed by atoms with Crippen molar-refractivity contribution >= 4 is 17.0 Å². The third-order valence-corrected chi connectivity index (χ3v) is 5.66. The largest absolute Gasteiger partial charge is 0.396 e. The number of aromatic nitrogens is 2. The number of carbonyl (C=O) groups is 1. The van der Waals surface area contributed by atoms with E-state index in [-0.39, 0.29) is 23.8 Å². The van der Waals surface area contributed by atoms with Crippen molar-refractivity contribution in [3.05, 3.63) is 23.0 Å². The van der Waals surface area contributed by atoms with Gasteiger partial charge in [-0.05, 0) is 43.6 Å². The minimum absolute atomic E-state index is 0.00300. The van der Waals surface area contributed by atoms with Gasteiger partial charge in [-0.15, -0.1) is 0 Å². The van der Waals surface area contributed by atoms with E-state index in [4.69, 9.17) is 4.52 Å². The predicted octanol–water partition coefficient (Wildman–Crippen LogP) is 3.28. The molecule has 25 heavy (non-hydrogen) atoms. The first-order chi connectivity index (χ1) is 11.9. The Morgan fingerprint density at radius 1 is 1.40 bits per heavy atom. The first kappa shape index (κ1) is 17.9. The highest BCUT2D eigenvalue weighted by atomic mass is 16.5. The maximum absolute atomic E-state index is 13.2. The molecule has 0 bridgehead atoms. The van der Waals surface area contributed by atoms with Crippen LogP contribution in [0.15, 0.2) is 10.6 Å². The zero-order valence-electron chi connectivity index (χ0n) is 15.5. The summed E-state index contributed by atoms with van der Waals surface area (Å²) in [6.07, 6.45) is 2.60. The minimum Gasteiger partial charge on any atom is -0.396 e. The van der Waals surface area contributed by atoms with E-state index in [0.717, 1.165) is 25.0 Å². The van der Waals surface area contributed by atoms with Gasteiger partial charge in [0.1, 0.15) is 0 Å². The first-order valence-electron chi connectivity index (χ1n) is 9.08. The van der Waals surface area contributed by atoms with E-state index in [1.807, 2.05) is 31.7 Å². The second kappa shape index (κ2) is 6.75. The number of aliphatic hydroxyl groups excluding tert-OH is 1. The van der Waals surface area contributed by atoms with Gasteiger partial charge in [-0.3, -0.25) is 4.79 Å². The summed E-state index contributed by atoms with van der Waals surface area (Å²) in [4.78, 5) is 19.6. The third kappa shape index (κ3) is 3.15. The van der Waals surface area contributed by atoms with Crippen molar-refractivity contribution in [1.82, 2.24) is 15.0 Å². The van der Waals surface area contributed by atoms with Gasteiger partial charge in [-0.25, -0.2) is 4.98 Å². The Labute approximate surface area is 148 Å². The first-order valence-corrected chi connectivity index (χ1v) is 9.08. The summed E-state index contributed by atoms with van der Waals surface area (Å²) in [6.45, 7) is 9.55. The number of rotatable bonds is 4. The Morgan fingerprint density at radius 3 is 2.64 bits per heavy atom. The Kier molecular flexibility index (Phi) is 4.82. The summed E-state index contributed by atoms with van der Waals surface area (Å²) in [5, 5.41) is 14.4. The lowest BCUT2D eigenvalue weighted by molar-refractivity contribution is 0.0339. The molecule has 2 aromatic rings. The number of likely N-dealkylation sites (tertiary alicyclic amines) is 1. The molecule has 6 heteroatoms. The van der Waals surface area contributed by atoms with Crippen LogP contribution in [0.4, 0.5) is 0 Å². The highest BCUT2D eigenvalue weighted by molar-refractivity contribution is 6.06. The predicted molar refractivity (Wildman–Crippen MR) is 95.6 cm³/mol. The van der Waals surface area contributed by atoms with Gasteiger partial charge in [-0.2, -0.15) is 0 Å². The van der Waals surface area contributed by atoms with Gasteiger partial charge < -0.3 is 14.5 Å². The summed E-state index contributed by atoms with van der Waals surface area (Å²) < 4.78 is 5.32. The summed E-state index contributed by atoms with van der Waals surface area (Å²) in [6, 6.07) is 1.88. The Hall–Kier alpha value is -1.95. The molecule has 0 saturated carbocycles. The third-order valence-electron chi connectivity index (χ3n) is 5.66. The lowest BCUT2D eigenvalue weighted by Crippen LogP contribution is -2.44. The van der Waals surface area contributed by atoms with E-state index >= 15 is 0 Å². The number of piperidine rings is 1. The molecule has 1 saturated heterocycles. The Balaban J connectivity index is 1.93. The highest BCUT2D eigenvalue weighted by Crippen LogP contribution is 2.35. The molecular formula is C19H27N3O3. The molecular weight excluding hydrogens is 318 g/mol. The SMILES string of the molecule is CCC1(CO)CCN(C(=O)c2cc(C(C)C)nc3onc(C)c23)CC1. The normalized spacial score (nSPS) is 17.4. The average molecular weight is 345 g/mol. The molecule has 1 amide bonds. The number of aryl methyl sites for hydroxylation is 1. The quantitative estimate of drug-likeness (QED) is 0.920. The van der Waals surface area contributed by atoms with E-state index in [0.29, 0.717) is 35.4 Å². The molecule has 6 nitrogen and oxygen atoms in total. The van der Waals surface area contributed by atoms with Gasteiger partial charge in [0.25, 0.3) is 11.6 Å². The van der Waals surface area contributed by atoms with Gasteiger partial charge in [0.2, 0.25) is 0 Å². The average Bonchev–Trinajstić information content (AvgIpc) is 3.01. The number of fused-ring (bicyclic) bond motifs is 1. The Morgan fingerprint density at radius 2 is 2.08 bits per heavy atom. The summed E-state index contributed by atoms with van der Waals surface area (Å²) in [5.41, 5.74) is 2.54. The van der Waals surface area contributed by atoms with E-state index in [1.165, 1.54) is 0 Å². The summed E-state index contributed by atoms with van der Waals surface area (Å²) in [5.74, 6) is 0.202. The van der Waals surface area contributed by atoms with Crippen molar-refractivity contribution < 1.29 is 14.4 Å². The fourth-order valence-corrected chi connectivity index (χ4v) is 3.56. The number of nitrogens with zero attached hydrogens (tertiary/aromatic N) is 3. The summed E-state index contributed by atoms with van der Waals surface area (Å²) >= 11 is 0. The van der Waals surface area contributed by atoms with Crippen molar-refractivity contribution in [2.45, 2.75) is 52.9 Å². The van der Waals surface area contributed by atoms with Crippen LogP contribution in [0.3, 0.4) is 0 Å². The smallest absolute Gasteiger partial charge is 0.259 e. The molecule has 0 unspecified atom stereocenters. The van der Waals surface area contributed by atoms with Crippen LogP contribution in [0.5, 0.6) is 0 Å². The molecule has 1 aliphatic rings. The maximum Gasteiger partial charge on any atom is 0.259 e. The van der Waals surface area contributed by atoms with Gasteiger partial charge in [0.15, 0.2) is 0 Å². The molecule has 1 aliphatic heterocycles. The summed E-state index contributed by atoms with van der Waals surface area (Å²) in [7, 11) is 0. The topological polar surface area (TPSA) is 79.5 Å². The van der Waals surface area contributed by atoms with Gasteiger partial charge in [-0.1, -0.05) is 25.9 Å². The molecule has 1 fully saturated rings. The van der Waals surface area contributed by atoms with Crippen LogP contribution in [0.2, 0.25) is 0 Å². The standard InChI is InChI=1S/C19H27N3O3/c1-5-19(11-23)6-8-22(9-7-19)18(24)14-10-15(12(2)3)20-17-16(14)13(4)21-25-17/h10,12,23H,5-9,11H2,1-4H3. The number of aliphatic hydroxyl groups is 1. The molecule has 0 aliphatic carbocycles. The highest BCUT2D eigenvalue weighted by Gasteiger charge is 2.35. The number of hydrogen-bond donors (Lipinski definition) is 1. The number of carbonyl (C=O) groups excluding carboxylic acids is 1. The van der Waals surface area contributed by atoms with Crippen molar-refractivity contribution in [3.8, 4) is 0 Å². The molecule has 0 spiro atoms. The van der Waals surface area contributed by atoms with E-state index < -0.39 is 0 Å². The molecule has 0 aromatic carbocycles. The molecule has 136 valence electrons. The maximum atomic E-state index is 13.2. The second-order valence-electron chi connectivity index (χ2n) is 7.50. The fourth-order valence-electron chi connectivity index (χ4n) is 3.56. The molecule has 3 rings (SSSR count). The fraction of sp³-hybridized carbons (Fsp3) is 0.632.